The van der Waals surface area contributed by atoms with E-state index in [2.05, 4.69) is 0 Å². The molecule has 0 heterocycles. The van der Waals surface area contributed by atoms with E-state index in [0.29, 0.717) is 19.3 Å². The second kappa shape index (κ2) is 5.24. The van der Waals surface area contributed by atoms with E-state index >= 15 is 0 Å². The van der Waals surface area contributed by atoms with Gasteiger partial charge in [0.1, 0.15) is 12.1 Å². The molecule has 0 amide bonds. The maximum Gasteiger partial charge on any atom is 0.321 e. The highest BCUT2D eigenvalue weighted by Crippen LogP contribution is 2.45. The van der Waals surface area contributed by atoms with Crippen LogP contribution in [0.15, 0.2) is 0 Å². The third-order valence-electron chi connectivity index (χ3n) is 4.61. The molecule has 5 atom stereocenters. The summed E-state index contributed by atoms with van der Waals surface area (Å²) >= 11 is 0. The second-order valence-electron chi connectivity index (χ2n) is 5.62. The summed E-state index contributed by atoms with van der Waals surface area (Å²) in [6.45, 7) is 3.78. The van der Waals surface area contributed by atoms with Crippen molar-refractivity contribution in [2.24, 2.45) is 28.7 Å². The SMILES string of the molecule is C[C@@H]1CC([C@H](N)C(=O)O)CC[C@@]1(C)[C@H](N)C(=O)O. The number of carbonyl (C=O) groups is 2. The van der Waals surface area contributed by atoms with Crippen LogP contribution in [0.4, 0.5) is 0 Å². The quantitative estimate of drug-likeness (QED) is 0.572. The number of carboxylic acid groups (broad SMARTS) is 2. The number of rotatable bonds is 4. The average molecular weight is 258 g/mol. The second-order valence-corrected chi connectivity index (χ2v) is 5.62. The zero-order chi connectivity index (χ0) is 14.1. The molecule has 1 aliphatic carbocycles. The zero-order valence-electron chi connectivity index (χ0n) is 10.8. The lowest BCUT2D eigenvalue weighted by molar-refractivity contribution is -0.146. The summed E-state index contributed by atoms with van der Waals surface area (Å²) in [4.78, 5) is 21.9. The number of carboxylic acids is 2. The van der Waals surface area contributed by atoms with Crippen molar-refractivity contribution in [1.29, 1.82) is 0 Å². The predicted molar refractivity (Wildman–Crippen MR) is 65.8 cm³/mol. The van der Waals surface area contributed by atoms with Crippen LogP contribution in [0, 0.1) is 17.3 Å². The summed E-state index contributed by atoms with van der Waals surface area (Å²) in [6, 6.07) is -1.80. The van der Waals surface area contributed by atoms with Gasteiger partial charge in [-0.15, -0.1) is 0 Å². The van der Waals surface area contributed by atoms with E-state index in [0.717, 1.165) is 0 Å². The first-order chi connectivity index (χ1) is 8.20. The molecule has 6 N–H and O–H groups in total. The lowest BCUT2D eigenvalue weighted by Gasteiger charge is -2.45. The number of hydrogen-bond donors (Lipinski definition) is 4. The molecule has 1 unspecified atom stereocenters. The molecule has 1 saturated carbocycles. The Kier molecular flexibility index (Phi) is 4.34. The van der Waals surface area contributed by atoms with Crippen LogP contribution in [0.2, 0.25) is 0 Å². The van der Waals surface area contributed by atoms with Crippen molar-refractivity contribution in [2.45, 2.75) is 45.2 Å². The lowest BCUT2D eigenvalue weighted by atomic mass is 9.60. The first-order valence-electron chi connectivity index (χ1n) is 6.17. The third kappa shape index (κ3) is 2.64. The highest BCUT2D eigenvalue weighted by molar-refractivity contribution is 5.75. The highest BCUT2D eigenvalue weighted by atomic mass is 16.4. The number of aliphatic carboxylic acids is 2. The summed E-state index contributed by atoms with van der Waals surface area (Å²) in [7, 11) is 0. The Morgan fingerprint density at radius 2 is 1.83 bits per heavy atom. The summed E-state index contributed by atoms with van der Waals surface area (Å²) < 4.78 is 0. The number of nitrogens with two attached hydrogens (primary N) is 2. The van der Waals surface area contributed by atoms with Crippen LogP contribution in [0.25, 0.3) is 0 Å². The van der Waals surface area contributed by atoms with Gasteiger partial charge in [-0.1, -0.05) is 13.8 Å². The van der Waals surface area contributed by atoms with Gasteiger partial charge in [-0.3, -0.25) is 9.59 Å². The Morgan fingerprint density at radius 3 is 2.22 bits per heavy atom. The molecule has 1 rings (SSSR count). The van der Waals surface area contributed by atoms with E-state index in [-0.39, 0.29) is 11.8 Å². The fourth-order valence-corrected chi connectivity index (χ4v) is 2.86. The Morgan fingerprint density at radius 1 is 1.28 bits per heavy atom. The Balaban J connectivity index is 2.77. The van der Waals surface area contributed by atoms with Crippen molar-refractivity contribution >= 4 is 11.9 Å². The largest absolute Gasteiger partial charge is 0.480 e. The fraction of sp³-hybridized carbons (Fsp3) is 0.833. The Bertz CT molecular complexity index is 347. The van der Waals surface area contributed by atoms with Gasteiger partial charge in [-0.2, -0.15) is 0 Å². The van der Waals surface area contributed by atoms with Crippen molar-refractivity contribution in [3.8, 4) is 0 Å². The van der Waals surface area contributed by atoms with E-state index in [9.17, 15) is 9.59 Å². The van der Waals surface area contributed by atoms with Gasteiger partial charge in [0.15, 0.2) is 0 Å². The molecule has 0 aromatic heterocycles. The van der Waals surface area contributed by atoms with Crippen molar-refractivity contribution in [2.75, 3.05) is 0 Å². The molecule has 0 aromatic carbocycles. The van der Waals surface area contributed by atoms with Crippen molar-refractivity contribution in [1.82, 2.24) is 0 Å². The molecule has 0 aromatic rings. The molecular formula is C12H22N2O4. The lowest BCUT2D eigenvalue weighted by Crippen LogP contribution is -2.53. The van der Waals surface area contributed by atoms with Crippen LogP contribution >= 0.6 is 0 Å². The van der Waals surface area contributed by atoms with Gasteiger partial charge in [-0.25, -0.2) is 0 Å². The smallest absolute Gasteiger partial charge is 0.321 e. The van der Waals surface area contributed by atoms with Crippen LogP contribution < -0.4 is 11.5 Å². The molecule has 0 spiro atoms. The van der Waals surface area contributed by atoms with Gasteiger partial charge in [0.25, 0.3) is 0 Å². The first-order valence-corrected chi connectivity index (χ1v) is 6.17. The normalized spacial score (nSPS) is 35.8. The van der Waals surface area contributed by atoms with Gasteiger partial charge < -0.3 is 21.7 Å². The van der Waals surface area contributed by atoms with E-state index in [1.807, 2.05) is 13.8 Å². The first kappa shape index (κ1) is 14.9. The monoisotopic (exact) mass is 258 g/mol. The predicted octanol–water partition coefficient (Wildman–Crippen LogP) is 0.253. The fourth-order valence-electron chi connectivity index (χ4n) is 2.86. The minimum atomic E-state index is -1.01. The van der Waals surface area contributed by atoms with Crippen LogP contribution in [0.3, 0.4) is 0 Å². The van der Waals surface area contributed by atoms with Gasteiger partial charge in [0.2, 0.25) is 0 Å². The Labute approximate surface area is 106 Å². The molecule has 1 aliphatic rings. The molecular weight excluding hydrogens is 236 g/mol. The molecule has 0 bridgehead atoms. The molecule has 104 valence electrons. The van der Waals surface area contributed by atoms with E-state index in [1.165, 1.54) is 0 Å². The number of hydrogen-bond acceptors (Lipinski definition) is 4. The van der Waals surface area contributed by atoms with Crippen molar-refractivity contribution in [3.63, 3.8) is 0 Å². The van der Waals surface area contributed by atoms with Gasteiger partial charge in [0, 0.05) is 0 Å². The molecule has 0 aliphatic heterocycles. The summed E-state index contributed by atoms with van der Waals surface area (Å²) in [5.74, 6) is -2.08. The van der Waals surface area contributed by atoms with Gasteiger partial charge >= 0.3 is 11.9 Å². The minimum Gasteiger partial charge on any atom is -0.480 e. The van der Waals surface area contributed by atoms with E-state index in [1.54, 1.807) is 0 Å². The van der Waals surface area contributed by atoms with E-state index < -0.39 is 29.4 Å². The van der Waals surface area contributed by atoms with Gasteiger partial charge in [0.05, 0.1) is 0 Å². The summed E-state index contributed by atoms with van der Waals surface area (Å²) in [6.07, 6.45) is 1.80. The molecule has 6 heteroatoms. The topological polar surface area (TPSA) is 127 Å². The van der Waals surface area contributed by atoms with Crippen LogP contribution in [-0.4, -0.2) is 34.2 Å². The van der Waals surface area contributed by atoms with Crippen LogP contribution in [-0.2, 0) is 9.59 Å². The highest BCUT2D eigenvalue weighted by Gasteiger charge is 2.46. The van der Waals surface area contributed by atoms with Crippen molar-refractivity contribution in [3.05, 3.63) is 0 Å². The molecule has 0 radical (unpaired) electrons. The van der Waals surface area contributed by atoms with Crippen molar-refractivity contribution < 1.29 is 19.8 Å². The van der Waals surface area contributed by atoms with Gasteiger partial charge in [-0.05, 0) is 36.5 Å². The van der Waals surface area contributed by atoms with Crippen LogP contribution in [0.5, 0.6) is 0 Å². The average Bonchev–Trinajstić information content (AvgIpc) is 2.30. The summed E-state index contributed by atoms with van der Waals surface area (Å²) in [5.41, 5.74) is 10.9. The summed E-state index contributed by atoms with van der Waals surface area (Å²) in [5, 5.41) is 17.9. The maximum absolute atomic E-state index is 11.0. The molecule has 1 fully saturated rings. The molecule has 18 heavy (non-hydrogen) atoms. The van der Waals surface area contributed by atoms with Crippen LogP contribution in [0.1, 0.15) is 33.1 Å². The Hall–Kier alpha value is -1.14. The van der Waals surface area contributed by atoms with E-state index in [4.69, 9.17) is 21.7 Å². The molecule has 6 nitrogen and oxygen atoms in total. The maximum atomic E-state index is 11.0. The minimum absolute atomic E-state index is 0.0350. The third-order valence-corrected chi connectivity index (χ3v) is 4.61. The molecule has 0 saturated heterocycles. The zero-order valence-corrected chi connectivity index (χ0v) is 10.8. The standard InChI is InChI=1S/C12H22N2O4/c1-6-5-7(8(13)10(15)16)3-4-12(6,2)9(14)11(17)18/h6-9H,3-5,13-14H2,1-2H3,(H,15,16)(H,17,18)/t6-,7?,8+,9-,12-/m1/s1.